The average molecular weight is 337 g/mol. The van der Waals surface area contributed by atoms with Gasteiger partial charge in [-0.05, 0) is 35.0 Å². The molecule has 3 aromatic rings. The van der Waals surface area contributed by atoms with Gasteiger partial charge in [0, 0.05) is 4.90 Å². The van der Waals surface area contributed by atoms with E-state index < -0.39 is 0 Å². The Kier molecular flexibility index (Phi) is 5.75. The molecule has 0 saturated heterocycles. The van der Waals surface area contributed by atoms with E-state index in [0.29, 0.717) is 18.9 Å². The molecular weight excluding hydrogens is 318 g/mol. The molecule has 3 nitrogen and oxygen atoms in total. The third-order valence-corrected chi connectivity index (χ3v) is 4.54. The van der Waals surface area contributed by atoms with E-state index in [1.54, 1.807) is 0 Å². The van der Waals surface area contributed by atoms with Crippen molar-refractivity contribution in [3.8, 4) is 5.75 Å². The van der Waals surface area contributed by atoms with E-state index in [1.807, 2.05) is 60.7 Å². The Morgan fingerprint density at radius 2 is 1.67 bits per heavy atom. The number of nitrogens with one attached hydrogen (secondary N) is 1. The maximum atomic E-state index is 11.8. The SMILES string of the molecule is O=C(CSc1ccccc1)NCCOc1ccc2ccccc2c1. The van der Waals surface area contributed by atoms with Gasteiger partial charge in [0.15, 0.2) is 0 Å². The van der Waals surface area contributed by atoms with Gasteiger partial charge in [-0.2, -0.15) is 0 Å². The van der Waals surface area contributed by atoms with Crippen molar-refractivity contribution in [1.82, 2.24) is 5.32 Å². The molecule has 1 amide bonds. The number of hydrogen-bond acceptors (Lipinski definition) is 3. The fourth-order valence-corrected chi connectivity index (χ4v) is 3.08. The minimum absolute atomic E-state index is 0.0194. The summed E-state index contributed by atoms with van der Waals surface area (Å²) in [5, 5.41) is 5.22. The number of benzene rings is 3. The number of fused-ring (bicyclic) bond motifs is 1. The van der Waals surface area contributed by atoms with Gasteiger partial charge in [-0.3, -0.25) is 4.79 Å². The zero-order valence-electron chi connectivity index (χ0n) is 13.3. The van der Waals surface area contributed by atoms with Crippen LogP contribution in [0, 0.1) is 0 Å². The minimum Gasteiger partial charge on any atom is -0.492 e. The highest BCUT2D eigenvalue weighted by molar-refractivity contribution is 8.00. The maximum absolute atomic E-state index is 11.8. The van der Waals surface area contributed by atoms with Gasteiger partial charge in [-0.1, -0.05) is 48.5 Å². The maximum Gasteiger partial charge on any atom is 0.230 e. The summed E-state index contributed by atoms with van der Waals surface area (Å²) in [7, 11) is 0. The third-order valence-electron chi connectivity index (χ3n) is 3.53. The van der Waals surface area contributed by atoms with E-state index in [9.17, 15) is 4.79 Å². The normalized spacial score (nSPS) is 10.5. The number of thioether (sulfide) groups is 1. The van der Waals surface area contributed by atoms with Crippen molar-refractivity contribution in [3.05, 3.63) is 72.8 Å². The van der Waals surface area contributed by atoms with Crippen molar-refractivity contribution < 1.29 is 9.53 Å². The monoisotopic (exact) mass is 337 g/mol. The van der Waals surface area contributed by atoms with Gasteiger partial charge < -0.3 is 10.1 Å². The van der Waals surface area contributed by atoms with Crippen LogP contribution in [-0.2, 0) is 4.79 Å². The summed E-state index contributed by atoms with van der Waals surface area (Å²) in [6, 6.07) is 24.1. The van der Waals surface area contributed by atoms with Crippen LogP contribution in [-0.4, -0.2) is 24.8 Å². The molecule has 0 saturated carbocycles. The summed E-state index contributed by atoms with van der Waals surface area (Å²) >= 11 is 1.53. The molecule has 0 aliphatic carbocycles. The zero-order chi connectivity index (χ0) is 16.6. The van der Waals surface area contributed by atoms with E-state index in [4.69, 9.17) is 4.74 Å². The second kappa shape index (κ2) is 8.41. The molecule has 3 rings (SSSR count). The van der Waals surface area contributed by atoms with Gasteiger partial charge in [-0.15, -0.1) is 11.8 Å². The molecule has 24 heavy (non-hydrogen) atoms. The predicted molar refractivity (Wildman–Crippen MR) is 99.6 cm³/mol. The van der Waals surface area contributed by atoms with Crippen molar-refractivity contribution >= 4 is 28.4 Å². The first-order valence-corrected chi connectivity index (χ1v) is 8.86. The van der Waals surface area contributed by atoms with Crippen LogP contribution in [0.25, 0.3) is 10.8 Å². The molecule has 0 atom stereocenters. The van der Waals surface area contributed by atoms with Crippen molar-refractivity contribution in [2.75, 3.05) is 18.9 Å². The van der Waals surface area contributed by atoms with E-state index in [1.165, 1.54) is 17.1 Å². The molecule has 0 heterocycles. The quantitative estimate of drug-likeness (QED) is 0.520. The summed E-state index contributed by atoms with van der Waals surface area (Å²) in [4.78, 5) is 12.9. The van der Waals surface area contributed by atoms with E-state index >= 15 is 0 Å². The Labute approximate surface area is 146 Å². The first-order valence-electron chi connectivity index (χ1n) is 7.87. The predicted octanol–water partition coefficient (Wildman–Crippen LogP) is 4.13. The molecule has 0 bridgehead atoms. The second-order valence-electron chi connectivity index (χ2n) is 5.31. The molecule has 122 valence electrons. The number of amides is 1. The van der Waals surface area contributed by atoms with Gasteiger partial charge in [0.25, 0.3) is 0 Å². The van der Waals surface area contributed by atoms with Crippen LogP contribution in [0.3, 0.4) is 0 Å². The van der Waals surface area contributed by atoms with Crippen LogP contribution in [0.2, 0.25) is 0 Å². The highest BCUT2D eigenvalue weighted by Crippen LogP contribution is 2.20. The summed E-state index contributed by atoms with van der Waals surface area (Å²) < 4.78 is 5.71. The molecular formula is C20H19NO2S. The number of carbonyl (C=O) groups is 1. The first-order chi connectivity index (χ1) is 11.8. The second-order valence-corrected chi connectivity index (χ2v) is 6.36. The van der Waals surface area contributed by atoms with Crippen LogP contribution >= 0.6 is 11.8 Å². The summed E-state index contributed by atoms with van der Waals surface area (Å²) in [6.45, 7) is 0.959. The first kappa shape index (κ1) is 16.4. The molecule has 0 radical (unpaired) electrons. The molecule has 0 spiro atoms. The van der Waals surface area contributed by atoms with Crippen molar-refractivity contribution in [3.63, 3.8) is 0 Å². The van der Waals surface area contributed by atoms with Gasteiger partial charge in [-0.25, -0.2) is 0 Å². The lowest BCUT2D eigenvalue weighted by molar-refractivity contribution is -0.118. The highest BCUT2D eigenvalue weighted by Gasteiger charge is 2.02. The largest absolute Gasteiger partial charge is 0.492 e. The Bertz CT molecular complexity index is 805. The summed E-state index contributed by atoms with van der Waals surface area (Å²) in [6.07, 6.45) is 0. The van der Waals surface area contributed by atoms with Crippen molar-refractivity contribution in [2.24, 2.45) is 0 Å². The molecule has 1 N–H and O–H groups in total. The number of ether oxygens (including phenoxy) is 1. The molecule has 0 unspecified atom stereocenters. The molecule has 0 aliphatic rings. The highest BCUT2D eigenvalue weighted by atomic mass is 32.2. The lowest BCUT2D eigenvalue weighted by Gasteiger charge is -2.08. The number of hydrogen-bond donors (Lipinski definition) is 1. The summed E-state index contributed by atoms with van der Waals surface area (Å²) in [5.41, 5.74) is 0. The van der Waals surface area contributed by atoms with Gasteiger partial charge in [0.05, 0.1) is 12.3 Å². The molecule has 0 aliphatic heterocycles. The Balaban J connectivity index is 1.39. The molecule has 3 aromatic carbocycles. The molecule has 4 heteroatoms. The van der Waals surface area contributed by atoms with Crippen molar-refractivity contribution in [2.45, 2.75) is 4.90 Å². The topological polar surface area (TPSA) is 38.3 Å². The number of carbonyl (C=O) groups excluding carboxylic acids is 1. The van der Waals surface area contributed by atoms with Gasteiger partial charge in [0.1, 0.15) is 12.4 Å². The fourth-order valence-electron chi connectivity index (χ4n) is 2.33. The van der Waals surface area contributed by atoms with Gasteiger partial charge in [0.2, 0.25) is 5.91 Å². The van der Waals surface area contributed by atoms with Gasteiger partial charge >= 0.3 is 0 Å². The standard InChI is InChI=1S/C20H19NO2S/c22-20(15-24-19-8-2-1-3-9-19)21-12-13-23-18-11-10-16-6-4-5-7-17(16)14-18/h1-11,14H,12-13,15H2,(H,21,22). The van der Waals surface area contributed by atoms with E-state index in [-0.39, 0.29) is 5.91 Å². The lowest BCUT2D eigenvalue weighted by atomic mass is 10.1. The Hall–Kier alpha value is -2.46. The van der Waals surface area contributed by atoms with Crippen LogP contribution in [0.5, 0.6) is 5.75 Å². The molecule has 0 aromatic heterocycles. The van der Waals surface area contributed by atoms with Crippen molar-refractivity contribution in [1.29, 1.82) is 0 Å². The van der Waals surface area contributed by atoms with Crippen LogP contribution in [0.15, 0.2) is 77.7 Å². The third kappa shape index (κ3) is 4.77. The Morgan fingerprint density at radius 1 is 0.917 bits per heavy atom. The number of rotatable bonds is 7. The lowest BCUT2D eigenvalue weighted by Crippen LogP contribution is -2.29. The fraction of sp³-hybridized carbons (Fsp3) is 0.150. The van der Waals surface area contributed by atoms with E-state index in [2.05, 4.69) is 17.4 Å². The summed E-state index contributed by atoms with van der Waals surface area (Å²) in [5.74, 6) is 1.26. The smallest absolute Gasteiger partial charge is 0.230 e. The zero-order valence-corrected chi connectivity index (χ0v) is 14.1. The average Bonchev–Trinajstić information content (AvgIpc) is 2.64. The molecule has 0 fully saturated rings. The van der Waals surface area contributed by atoms with E-state index in [0.717, 1.165) is 16.0 Å². The minimum atomic E-state index is 0.0194. The Morgan fingerprint density at radius 3 is 2.50 bits per heavy atom. The van der Waals surface area contributed by atoms with Crippen LogP contribution in [0.1, 0.15) is 0 Å². The van der Waals surface area contributed by atoms with Crippen LogP contribution < -0.4 is 10.1 Å². The van der Waals surface area contributed by atoms with Crippen LogP contribution in [0.4, 0.5) is 0 Å².